The van der Waals surface area contributed by atoms with E-state index < -0.39 is 11.2 Å². The van der Waals surface area contributed by atoms with E-state index in [4.69, 9.17) is 11.6 Å². The fraction of sp³-hybridized carbons (Fsp3) is 0.133. The monoisotopic (exact) mass is 374 g/mol. The summed E-state index contributed by atoms with van der Waals surface area (Å²) in [4.78, 5) is 34.3. The molecule has 25 heavy (non-hydrogen) atoms. The number of nitrogens with zero attached hydrogens (tertiary/aromatic N) is 6. The molecule has 4 heterocycles. The SMILES string of the molecule is Cn1cc(-n2c(=O)nc3n(Cc4cnc(Cl)s4)cccc-3c2=O)cn1. The molecule has 2 aliphatic rings. The highest BCUT2D eigenvalue weighted by Crippen LogP contribution is 2.21. The zero-order chi connectivity index (χ0) is 17.6. The molecular formula is C15H11ClN6O2S. The lowest BCUT2D eigenvalue weighted by Gasteiger charge is -2.13. The van der Waals surface area contributed by atoms with E-state index in [9.17, 15) is 9.59 Å². The van der Waals surface area contributed by atoms with Crippen molar-refractivity contribution in [1.29, 1.82) is 0 Å². The summed E-state index contributed by atoms with van der Waals surface area (Å²) >= 11 is 7.19. The van der Waals surface area contributed by atoms with Crippen LogP contribution in [-0.4, -0.2) is 28.9 Å². The number of pyridine rings is 1. The van der Waals surface area contributed by atoms with Crippen LogP contribution in [0.4, 0.5) is 0 Å². The molecule has 4 rings (SSSR count). The van der Waals surface area contributed by atoms with Gasteiger partial charge < -0.3 is 4.57 Å². The topological polar surface area (TPSA) is 87.6 Å². The molecular weight excluding hydrogens is 364 g/mol. The Morgan fingerprint density at radius 1 is 1.28 bits per heavy atom. The second-order valence-electron chi connectivity index (χ2n) is 5.36. The Labute approximate surface area is 149 Å². The summed E-state index contributed by atoms with van der Waals surface area (Å²) < 4.78 is 4.70. The van der Waals surface area contributed by atoms with Crippen molar-refractivity contribution in [2.24, 2.45) is 7.05 Å². The quantitative estimate of drug-likeness (QED) is 0.540. The Bertz CT molecular complexity index is 1160. The molecule has 0 amide bonds. The van der Waals surface area contributed by atoms with Crippen molar-refractivity contribution >= 4 is 22.9 Å². The third kappa shape index (κ3) is 2.77. The van der Waals surface area contributed by atoms with Crippen LogP contribution in [0.3, 0.4) is 0 Å². The third-order valence-electron chi connectivity index (χ3n) is 3.67. The molecule has 0 bridgehead atoms. The second-order valence-corrected chi connectivity index (χ2v) is 7.06. The maximum absolute atomic E-state index is 12.8. The molecule has 0 unspecified atom stereocenters. The van der Waals surface area contributed by atoms with Crippen molar-refractivity contribution < 1.29 is 0 Å². The number of aromatic nitrogens is 6. The smallest absolute Gasteiger partial charge is 0.327 e. The van der Waals surface area contributed by atoms with Crippen LogP contribution in [0.5, 0.6) is 0 Å². The number of rotatable bonds is 3. The minimum atomic E-state index is -0.646. The molecule has 0 fully saturated rings. The first-order valence-electron chi connectivity index (χ1n) is 7.24. The zero-order valence-electron chi connectivity index (χ0n) is 13.0. The van der Waals surface area contributed by atoms with Gasteiger partial charge in [0.2, 0.25) is 0 Å². The number of aryl methyl sites for hydroxylation is 1. The van der Waals surface area contributed by atoms with Gasteiger partial charge >= 0.3 is 5.69 Å². The lowest BCUT2D eigenvalue weighted by Crippen LogP contribution is -2.36. The number of halogens is 1. The normalized spacial score (nSPS) is 11.3. The predicted octanol–water partition coefficient (Wildman–Crippen LogP) is 1.39. The molecule has 0 spiro atoms. The molecule has 0 aliphatic carbocycles. The predicted molar refractivity (Wildman–Crippen MR) is 93.7 cm³/mol. The first-order chi connectivity index (χ1) is 12.0. The molecule has 2 aliphatic heterocycles. The van der Waals surface area contributed by atoms with Gasteiger partial charge in [-0.3, -0.25) is 9.48 Å². The maximum Gasteiger partial charge on any atom is 0.357 e. The average Bonchev–Trinajstić information content (AvgIpc) is 3.17. The number of hydrogen-bond donors (Lipinski definition) is 0. The van der Waals surface area contributed by atoms with Gasteiger partial charge in [0.25, 0.3) is 5.56 Å². The number of thiazole rings is 1. The number of hydrogen-bond acceptors (Lipinski definition) is 6. The van der Waals surface area contributed by atoms with E-state index in [0.29, 0.717) is 28.1 Å². The first kappa shape index (κ1) is 15.7. The van der Waals surface area contributed by atoms with Gasteiger partial charge in [0, 0.05) is 30.5 Å². The van der Waals surface area contributed by atoms with Crippen LogP contribution in [-0.2, 0) is 13.6 Å². The van der Waals surface area contributed by atoms with Crippen LogP contribution in [0, 0.1) is 0 Å². The molecule has 8 nitrogen and oxygen atoms in total. The van der Waals surface area contributed by atoms with Gasteiger partial charge in [0.1, 0.15) is 0 Å². The minimum Gasteiger partial charge on any atom is -0.327 e. The summed E-state index contributed by atoms with van der Waals surface area (Å²) in [5.74, 6) is 0.321. The largest absolute Gasteiger partial charge is 0.357 e. The Hall–Kier alpha value is -2.78. The standard InChI is InChI=1S/C15H11ClN6O2S/c1-20-7-9(5-18-20)22-13(23)11-3-2-4-21(12(11)19-15(22)24)8-10-6-17-14(16)25-10/h2-7H,8H2,1H3. The molecule has 126 valence electrons. The van der Waals surface area contributed by atoms with E-state index in [1.807, 2.05) is 0 Å². The van der Waals surface area contributed by atoms with Crippen molar-refractivity contribution in [3.05, 3.63) is 67.1 Å². The summed E-state index contributed by atoms with van der Waals surface area (Å²) in [5.41, 5.74) is -0.342. The lowest BCUT2D eigenvalue weighted by molar-refractivity contribution is 0.755. The van der Waals surface area contributed by atoms with Crippen molar-refractivity contribution in [1.82, 2.24) is 28.9 Å². The molecule has 2 aromatic rings. The van der Waals surface area contributed by atoms with E-state index in [2.05, 4.69) is 15.1 Å². The number of fused-ring (bicyclic) bond motifs is 1. The Morgan fingerprint density at radius 3 is 2.80 bits per heavy atom. The van der Waals surface area contributed by atoms with Crippen LogP contribution in [0.1, 0.15) is 4.88 Å². The molecule has 0 saturated carbocycles. The first-order valence-corrected chi connectivity index (χ1v) is 8.44. The fourth-order valence-electron chi connectivity index (χ4n) is 2.59. The van der Waals surface area contributed by atoms with Gasteiger partial charge in [0.15, 0.2) is 10.3 Å². The molecule has 0 saturated heterocycles. The van der Waals surface area contributed by atoms with E-state index in [0.717, 1.165) is 9.44 Å². The maximum atomic E-state index is 12.8. The van der Waals surface area contributed by atoms with Crippen LogP contribution in [0.15, 0.2) is 46.5 Å². The molecule has 0 radical (unpaired) electrons. The van der Waals surface area contributed by atoms with Gasteiger partial charge in [-0.2, -0.15) is 10.1 Å². The summed E-state index contributed by atoms with van der Waals surface area (Å²) in [6.07, 6.45) is 6.46. The highest BCUT2D eigenvalue weighted by atomic mass is 35.5. The molecule has 0 N–H and O–H groups in total. The van der Waals surface area contributed by atoms with E-state index >= 15 is 0 Å². The lowest BCUT2D eigenvalue weighted by atomic mass is 10.2. The summed E-state index contributed by atoms with van der Waals surface area (Å²) in [7, 11) is 1.71. The minimum absolute atomic E-state index is 0.321. The summed E-state index contributed by atoms with van der Waals surface area (Å²) in [6, 6.07) is 3.39. The highest BCUT2D eigenvalue weighted by molar-refractivity contribution is 7.15. The van der Waals surface area contributed by atoms with Crippen LogP contribution < -0.4 is 11.2 Å². The highest BCUT2D eigenvalue weighted by Gasteiger charge is 2.19. The fourth-order valence-corrected chi connectivity index (χ4v) is 3.56. The Balaban J connectivity index is 1.89. The van der Waals surface area contributed by atoms with Crippen molar-refractivity contribution in [3.8, 4) is 17.1 Å². The van der Waals surface area contributed by atoms with Crippen molar-refractivity contribution in [3.63, 3.8) is 0 Å². The summed E-state index contributed by atoms with van der Waals surface area (Å²) in [6.45, 7) is 0.421. The van der Waals surface area contributed by atoms with Gasteiger partial charge in [-0.15, -0.1) is 11.3 Å². The molecule has 0 atom stereocenters. The van der Waals surface area contributed by atoms with E-state index in [1.54, 1.807) is 42.3 Å². The van der Waals surface area contributed by atoms with Gasteiger partial charge in [-0.05, 0) is 12.1 Å². The van der Waals surface area contributed by atoms with Gasteiger partial charge in [0.05, 0.1) is 24.0 Å². The van der Waals surface area contributed by atoms with Crippen LogP contribution in [0.2, 0.25) is 4.47 Å². The second kappa shape index (κ2) is 5.94. The Kier molecular flexibility index (Phi) is 3.74. The van der Waals surface area contributed by atoms with Gasteiger partial charge in [-0.1, -0.05) is 11.6 Å². The van der Waals surface area contributed by atoms with E-state index in [-0.39, 0.29) is 0 Å². The van der Waals surface area contributed by atoms with Gasteiger partial charge in [-0.25, -0.2) is 14.3 Å². The Morgan fingerprint density at radius 2 is 2.12 bits per heavy atom. The van der Waals surface area contributed by atoms with Crippen molar-refractivity contribution in [2.45, 2.75) is 6.54 Å². The zero-order valence-corrected chi connectivity index (χ0v) is 14.5. The van der Waals surface area contributed by atoms with Crippen LogP contribution >= 0.6 is 22.9 Å². The van der Waals surface area contributed by atoms with E-state index in [1.165, 1.54) is 22.2 Å². The van der Waals surface area contributed by atoms with Crippen molar-refractivity contribution in [2.75, 3.05) is 0 Å². The van der Waals surface area contributed by atoms with Crippen LogP contribution in [0.25, 0.3) is 17.1 Å². The molecule has 2 aromatic heterocycles. The molecule has 10 heteroatoms. The third-order valence-corrected chi connectivity index (χ3v) is 4.77. The summed E-state index contributed by atoms with van der Waals surface area (Å²) in [5, 5.41) is 4.00. The average molecular weight is 375 g/mol. The molecule has 0 aromatic carbocycles.